The van der Waals surface area contributed by atoms with Crippen LogP contribution in [0.15, 0.2) is 48.5 Å². The van der Waals surface area contributed by atoms with Crippen molar-refractivity contribution in [3.8, 4) is 17.1 Å². The van der Waals surface area contributed by atoms with Crippen LogP contribution in [0.4, 0.5) is 0 Å². The quantitative estimate of drug-likeness (QED) is 0.479. The Balaban J connectivity index is 1.87. The van der Waals surface area contributed by atoms with Gasteiger partial charge in [0.25, 0.3) is 5.91 Å². The van der Waals surface area contributed by atoms with Gasteiger partial charge in [-0.05, 0) is 55.2 Å². The number of nitrogens with one attached hydrogen (secondary N) is 1. The number of carbonyl (C=O) groups is 1. The third kappa shape index (κ3) is 4.56. The Bertz CT molecular complexity index is 1110. The van der Waals surface area contributed by atoms with Crippen molar-refractivity contribution in [3.05, 3.63) is 70.0 Å². The van der Waals surface area contributed by atoms with Gasteiger partial charge in [-0.1, -0.05) is 62.0 Å². The highest BCUT2D eigenvalue weighted by atomic mass is 35.5. The predicted octanol–water partition coefficient (Wildman–Crippen LogP) is 6.00. The summed E-state index contributed by atoms with van der Waals surface area (Å²) in [6, 6.07) is 14.6. The van der Waals surface area contributed by atoms with Crippen LogP contribution in [-0.2, 0) is 0 Å². The maximum atomic E-state index is 13.4. The van der Waals surface area contributed by atoms with Crippen molar-refractivity contribution < 1.29 is 9.90 Å². The normalized spacial score (nSPS) is 18.7. The van der Waals surface area contributed by atoms with Gasteiger partial charge >= 0.3 is 0 Å². The molecule has 0 aliphatic heterocycles. The summed E-state index contributed by atoms with van der Waals surface area (Å²) < 4.78 is 1.98. The standard InChI is InChI=1S/C25H27Cl2N3O2/c1-15(2)23-22(25(32)28-20-9-5-6-10-21(20)31)29-24(18-7-3-4-8-19(18)27)30(23)17-13-11-16(26)12-14-17/h3-4,7-8,11-15,20-21,31H,5-6,9-10H2,1-2H3,(H,28,32)/t20-,21-/m0/s1. The summed E-state index contributed by atoms with van der Waals surface area (Å²) in [5, 5.41) is 14.6. The largest absolute Gasteiger partial charge is 0.391 e. The van der Waals surface area contributed by atoms with Gasteiger partial charge in [-0.2, -0.15) is 0 Å². The molecule has 1 aliphatic carbocycles. The third-order valence-electron chi connectivity index (χ3n) is 5.92. The fourth-order valence-corrected chi connectivity index (χ4v) is 4.67. The van der Waals surface area contributed by atoms with E-state index in [0.29, 0.717) is 28.0 Å². The second-order valence-corrected chi connectivity index (χ2v) is 9.39. The number of aliphatic hydroxyl groups is 1. The molecule has 1 saturated carbocycles. The van der Waals surface area contributed by atoms with Crippen LogP contribution >= 0.6 is 23.2 Å². The molecule has 0 unspecified atom stereocenters. The maximum absolute atomic E-state index is 13.4. The lowest BCUT2D eigenvalue weighted by molar-refractivity contribution is 0.0713. The second kappa shape index (κ2) is 9.65. The van der Waals surface area contributed by atoms with Crippen LogP contribution in [0.25, 0.3) is 17.1 Å². The Hall–Kier alpha value is -2.34. The van der Waals surface area contributed by atoms with Crippen LogP contribution in [0.5, 0.6) is 0 Å². The monoisotopic (exact) mass is 471 g/mol. The molecule has 3 aromatic rings. The van der Waals surface area contributed by atoms with Crippen LogP contribution in [0, 0.1) is 0 Å². The number of rotatable bonds is 5. The lowest BCUT2D eigenvalue weighted by Gasteiger charge is -2.28. The molecule has 1 amide bonds. The van der Waals surface area contributed by atoms with E-state index in [1.165, 1.54) is 0 Å². The number of hydrogen-bond acceptors (Lipinski definition) is 3. The summed E-state index contributed by atoms with van der Waals surface area (Å²) in [4.78, 5) is 18.2. The predicted molar refractivity (Wildman–Crippen MR) is 129 cm³/mol. The zero-order chi connectivity index (χ0) is 22.8. The van der Waals surface area contributed by atoms with Gasteiger partial charge < -0.3 is 10.4 Å². The summed E-state index contributed by atoms with van der Waals surface area (Å²) in [6.07, 6.45) is 2.90. The van der Waals surface area contributed by atoms with E-state index in [-0.39, 0.29) is 17.9 Å². The van der Waals surface area contributed by atoms with Crippen molar-refractivity contribution in [2.45, 2.75) is 57.6 Å². The Morgan fingerprint density at radius 2 is 1.78 bits per heavy atom. The minimum Gasteiger partial charge on any atom is -0.391 e. The molecule has 1 aromatic heterocycles. The molecule has 7 heteroatoms. The van der Waals surface area contributed by atoms with E-state index >= 15 is 0 Å². The van der Waals surface area contributed by atoms with Crippen molar-refractivity contribution in [1.82, 2.24) is 14.9 Å². The third-order valence-corrected chi connectivity index (χ3v) is 6.50. The van der Waals surface area contributed by atoms with E-state index in [1.54, 1.807) is 0 Å². The Labute approximate surface area is 198 Å². The lowest BCUT2D eigenvalue weighted by atomic mass is 9.92. The number of halogens is 2. The van der Waals surface area contributed by atoms with E-state index in [1.807, 2.05) is 66.9 Å². The van der Waals surface area contributed by atoms with E-state index in [2.05, 4.69) is 5.32 Å². The minimum absolute atomic E-state index is 0.00597. The molecule has 1 fully saturated rings. The SMILES string of the molecule is CC(C)c1c(C(=O)N[C@H]2CCCC[C@@H]2O)nc(-c2ccccc2Cl)n1-c1ccc(Cl)cc1. The van der Waals surface area contributed by atoms with Gasteiger partial charge in [0.1, 0.15) is 5.82 Å². The Morgan fingerprint density at radius 3 is 2.44 bits per heavy atom. The smallest absolute Gasteiger partial charge is 0.272 e. The molecule has 1 heterocycles. The fraction of sp³-hybridized carbons (Fsp3) is 0.360. The summed E-state index contributed by atoms with van der Waals surface area (Å²) in [6.45, 7) is 4.07. The van der Waals surface area contributed by atoms with Crippen LogP contribution in [0.2, 0.25) is 10.0 Å². The minimum atomic E-state index is -0.531. The number of imidazole rings is 1. The highest BCUT2D eigenvalue weighted by Gasteiger charge is 2.30. The summed E-state index contributed by atoms with van der Waals surface area (Å²) in [5.74, 6) is 0.322. The van der Waals surface area contributed by atoms with E-state index in [9.17, 15) is 9.90 Å². The number of hydrogen-bond donors (Lipinski definition) is 2. The zero-order valence-corrected chi connectivity index (χ0v) is 19.7. The van der Waals surface area contributed by atoms with Crippen LogP contribution < -0.4 is 5.32 Å². The number of aliphatic hydroxyl groups excluding tert-OH is 1. The number of aromatic nitrogens is 2. The molecule has 4 rings (SSSR count). The first kappa shape index (κ1) is 22.8. The lowest BCUT2D eigenvalue weighted by Crippen LogP contribution is -2.45. The van der Waals surface area contributed by atoms with E-state index in [0.717, 1.165) is 36.2 Å². The molecule has 0 spiro atoms. The first-order valence-corrected chi connectivity index (χ1v) is 11.7. The molecule has 1 aliphatic rings. The second-order valence-electron chi connectivity index (χ2n) is 8.55. The number of nitrogens with zero attached hydrogens (tertiary/aromatic N) is 2. The number of carbonyl (C=O) groups excluding carboxylic acids is 1. The van der Waals surface area contributed by atoms with Gasteiger partial charge in [0.2, 0.25) is 0 Å². The molecule has 32 heavy (non-hydrogen) atoms. The molecular formula is C25H27Cl2N3O2. The molecule has 0 radical (unpaired) electrons. The molecule has 2 N–H and O–H groups in total. The molecule has 0 bridgehead atoms. The summed E-state index contributed by atoms with van der Waals surface area (Å²) in [5.41, 5.74) is 2.72. The molecular weight excluding hydrogens is 445 g/mol. The maximum Gasteiger partial charge on any atom is 0.272 e. The van der Waals surface area contributed by atoms with Crippen molar-refractivity contribution in [3.63, 3.8) is 0 Å². The van der Waals surface area contributed by atoms with Gasteiger partial charge in [-0.25, -0.2) is 4.98 Å². The van der Waals surface area contributed by atoms with Crippen molar-refractivity contribution >= 4 is 29.1 Å². The molecule has 2 aromatic carbocycles. The van der Waals surface area contributed by atoms with Crippen LogP contribution in [0.1, 0.15) is 61.6 Å². The average Bonchev–Trinajstić information content (AvgIpc) is 3.17. The first-order valence-electron chi connectivity index (χ1n) is 11.0. The van der Waals surface area contributed by atoms with E-state index in [4.69, 9.17) is 28.2 Å². The van der Waals surface area contributed by atoms with Gasteiger partial charge in [-0.3, -0.25) is 9.36 Å². The Morgan fingerprint density at radius 1 is 1.09 bits per heavy atom. The van der Waals surface area contributed by atoms with Crippen LogP contribution in [-0.4, -0.2) is 32.7 Å². The molecule has 168 valence electrons. The van der Waals surface area contributed by atoms with E-state index < -0.39 is 6.10 Å². The molecule has 2 atom stereocenters. The van der Waals surface area contributed by atoms with Crippen molar-refractivity contribution in [2.75, 3.05) is 0 Å². The molecule has 0 saturated heterocycles. The highest BCUT2D eigenvalue weighted by molar-refractivity contribution is 6.33. The molecule has 5 nitrogen and oxygen atoms in total. The summed E-state index contributed by atoms with van der Waals surface area (Å²) in [7, 11) is 0. The number of amides is 1. The average molecular weight is 472 g/mol. The van der Waals surface area contributed by atoms with Gasteiger partial charge in [-0.15, -0.1) is 0 Å². The Kier molecular flexibility index (Phi) is 6.89. The van der Waals surface area contributed by atoms with Gasteiger partial charge in [0.15, 0.2) is 5.69 Å². The topological polar surface area (TPSA) is 67.2 Å². The van der Waals surface area contributed by atoms with Gasteiger partial charge in [0, 0.05) is 16.3 Å². The van der Waals surface area contributed by atoms with Crippen molar-refractivity contribution in [2.24, 2.45) is 0 Å². The highest BCUT2D eigenvalue weighted by Crippen LogP contribution is 2.35. The fourth-order valence-electron chi connectivity index (χ4n) is 4.32. The summed E-state index contributed by atoms with van der Waals surface area (Å²) >= 11 is 12.7. The zero-order valence-electron chi connectivity index (χ0n) is 18.2. The number of benzene rings is 2. The first-order chi connectivity index (χ1) is 15.4. The van der Waals surface area contributed by atoms with Crippen LogP contribution in [0.3, 0.4) is 0 Å². The van der Waals surface area contributed by atoms with Crippen molar-refractivity contribution in [1.29, 1.82) is 0 Å². The van der Waals surface area contributed by atoms with Gasteiger partial charge in [0.05, 0.1) is 22.9 Å².